The molecule has 1 atom stereocenters. The Morgan fingerprint density at radius 3 is 1.83 bits per heavy atom. The second kappa shape index (κ2) is 7.30. The van der Waals surface area contributed by atoms with Gasteiger partial charge in [0.25, 0.3) is 10.1 Å². The van der Waals surface area contributed by atoms with Gasteiger partial charge in [-0.05, 0) is 35.4 Å². The molecule has 0 saturated heterocycles. The Labute approximate surface area is 135 Å². The normalized spacial score (nSPS) is 13.0. The summed E-state index contributed by atoms with van der Waals surface area (Å²) in [5, 5.41) is -1.14. The Kier molecular flexibility index (Phi) is 5.41. The van der Waals surface area contributed by atoms with E-state index in [-0.39, 0.29) is 0 Å². The van der Waals surface area contributed by atoms with E-state index in [4.69, 9.17) is 9.47 Å². The molecule has 122 valence electrons. The molecule has 2 aromatic rings. The van der Waals surface area contributed by atoms with Crippen molar-refractivity contribution in [2.45, 2.75) is 5.25 Å². The molecule has 0 bridgehead atoms. The Balaban J connectivity index is 2.29. The lowest BCUT2D eigenvalue weighted by Crippen LogP contribution is -2.09. The maximum Gasteiger partial charge on any atom is 0.275 e. The topological polar surface area (TPSA) is 72.8 Å². The Morgan fingerprint density at radius 2 is 1.39 bits per heavy atom. The van der Waals surface area contributed by atoms with Crippen LogP contribution in [-0.4, -0.2) is 27.2 Å². The zero-order valence-electron chi connectivity index (χ0n) is 12.8. The van der Waals surface area contributed by atoms with Gasteiger partial charge in [0.1, 0.15) is 16.7 Å². The van der Waals surface area contributed by atoms with Gasteiger partial charge >= 0.3 is 0 Å². The van der Waals surface area contributed by atoms with Gasteiger partial charge in [0.05, 0.1) is 14.2 Å². The van der Waals surface area contributed by atoms with Crippen LogP contribution in [0.4, 0.5) is 0 Å². The molecule has 6 heteroatoms. The second-order valence-corrected chi connectivity index (χ2v) is 6.38. The van der Waals surface area contributed by atoms with Crippen LogP contribution in [0.15, 0.2) is 54.6 Å². The number of ether oxygens (including phenoxy) is 2. The van der Waals surface area contributed by atoms with Crippen LogP contribution in [0.5, 0.6) is 11.5 Å². The van der Waals surface area contributed by atoms with E-state index in [9.17, 15) is 13.0 Å². The lowest BCUT2D eigenvalue weighted by Gasteiger charge is -2.11. The van der Waals surface area contributed by atoms with Gasteiger partial charge in [0, 0.05) is 0 Å². The van der Waals surface area contributed by atoms with Gasteiger partial charge in [-0.3, -0.25) is 4.55 Å². The molecule has 1 N–H and O–H groups in total. The average molecular weight is 334 g/mol. The molecule has 0 aromatic heterocycles. The summed E-state index contributed by atoms with van der Waals surface area (Å²) in [5.74, 6) is 1.32. The van der Waals surface area contributed by atoms with Crippen molar-refractivity contribution in [3.63, 3.8) is 0 Å². The molecule has 0 heterocycles. The van der Waals surface area contributed by atoms with E-state index < -0.39 is 15.4 Å². The lowest BCUT2D eigenvalue weighted by molar-refractivity contribution is 0.414. The highest BCUT2D eigenvalue weighted by molar-refractivity contribution is 7.86. The summed E-state index contributed by atoms with van der Waals surface area (Å²) < 4.78 is 42.9. The van der Waals surface area contributed by atoms with Gasteiger partial charge < -0.3 is 9.47 Å². The molecule has 5 nitrogen and oxygen atoms in total. The zero-order valence-corrected chi connectivity index (χ0v) is 13.7. The molecular formula is C17H18O5S. The first-order chi connectivity index (χ1) is 10.9. The van der Waals surface area contributed by atoms with E-state index in [1.165, 1.54) is 13.2 Å². The molecule has 0 fully saturated rings. The molecule has 0 aliphatic carbocycles. The highest BCUT2D eigenvalue weighted by Gasteiger charge is 2.22. The molecule has 0 amide bonds. The van der Waals surface area contributed by atoms with Crippen molar-refractivity contribution in [2.24, 2.45) is 0 Å². The fourth-order valence-corrected chi connectivity index (χ4v) is 2.87. The van der Waals surface area contributed by atoms with Crippen LogP contribution in [0, 0.1) is 0 Å². The Bertz CT molecular complexity index is 762. The van der Waals surface area contributed by atoms with Gasteiger partial charge in [0.2, 0.25) is 0 Å². The molecule has 0 saturated carbocycles. The summed E-state index contributed by atoms with van der Waals surface area (Å²) in [6.07, 6.45) is 3.08. The second-order valence-electron chi connectivity index (χ2n) is 4.84. The van der Waals surface area contributed by atoms with Crippen molar-refractivity contribution in [1.82, 2.24) is 0 Å². The highest BCUT2D eigenvalue weighted by atomic mass is 32.2. The van der Waals surface area contributed by atoms with Crippen LogP contribution >= 0.6 is 0 Å². The van der Waals surface area contributed by atoms with Crippen molar-refractivity contribution >= 4 is 16.2 Å². The number of methoxy groups -OCH3 is 2. The third-order valence-electron chi connectivity index (χ3n) is 3.34. The van der Waals surface area contributed by atoms with E-state index >= 15 is 0 Å². The van der Waals surface area contributed by atoms with Gasteiger partial charge in [-0.2, -0.15) is 8.42 Å². The first kappa shape index (κ1) is 17.1. The smallest absolute Gasteiger partial charge is 0.275 e. The van der Waals surface area contributed by atoms with Crippen molar-refractivity contribution < 1.29 is 22.4 Å². The van der Waals surface area contributed by atoms with Crippen molar-refractivity contribution in [3.05, 3.63) is 65.7 Å². The molecule has 0 radical (unpaired) electrons. The van der Waals surface area contributed by atoms with Crippen molar-refractivity contribution in [3.8, 4) is 11.5 Å². The summed E-state index contributed by atoms with van der Waals surface area (Å²) in [4.78, 5) is 0. The van der Waals surface area contributed by atoms with Gasteiger partial charge in [0.15, 0.2) is 0 Å². The van der Waals surface area contributed by atoms with Crippen LogP contribution in [0.3, 0.4) is 0 Å². The van der Waals surface area contributed by atoms with Crippen LogP contribution in [0.2, 0.25) is 0 Å². The zero-order chi connectivity index (χ0) is 16.9. The average Bonchev–Trinajstić information content (AvgIpc) is 2.55. The molecular weight excluding hydrogens is 316 g/mol. The minimum atomic E-state index is -4.27. The summed E-state index contributed by atoms with van der Waals surface area (Å²) in [6.45, 7) is 0. The first-order valence-electron chi connectivity index (χ1n) is 6.86. The van der Waals surface area contributed by atoms with Gasteiger partial charge in [-0.1, -0.05) is 36.4 Å². The van der Waals surface area contributed by atoms with Gasteiger partial charge in [-0.15, -0.1) is 0 Å². The minimum Gasteiger partial charge on any atom is -0.497 e. The van der Waals surface area contributed by atoms with Gasteiger partial charge in [-0.25, -0.2) is 0 Å². The van der Waals surface area contributed by atoms with Crippen molar-refractivity contribution in [1.29, 1.82) is 0 Å². The quantitative estimate of drug-likeness (QED) is 0.820. The third-order valence-corrected chi connectivity index (χ3v) is 4.42. The summed E-state index contributed by atoms with van der Waals surface area (Å²) in [6, 6.07) is 13.6. The number of rotatable bonds is 6. The molecule has 0 aliphatic rings. The maximum absolute atomic E-state index is 11.7. The molecule has 0 aliphatic heterocycles. The van der Waals surface area contributed by atoms with E-state index in [0.717, 1.165) is 5.56 Å². The van der Waals surface area contributed by atoms with Crippen LogP contribution in [-0.2, 0) is 10.1 Å². The minimum absolute atomic E-state index is 0.457. The SMILES string of the molecule is COc1ccc(/C=C/C(c2ccc(OC)cc2)S(=O)(=O)O)cc1. The summed E-state index contributed by atoms with van der Waals surface area (Å²) >= 11 is 0. The monoisotopic (exact) mass is 334 g/mol. The van der Waals surface area contributed by atoms with E-state index in [1.54, 1.807) is 61.7 Å². The van der Waals surface area contributed by atoms with Crippen LogP contribution in [0.1, 0.15) is 16.4 Å². The lowest BCUT2D eigenvalue weighted by atomic mass is 10.1. The standard InChI is InChI=1S/C17H18O5S/c1-21-15-8-3-13(4-9-15)5-12-17(23(18,19)20)14-6-10-16(22-2)11-7-14/h3-12,17H,1-2H3,(H,18,19,20)/b12-5+. The van der Waals surface area contributed by atoms with E-state index in [1.807, 2.05) is 0 Å². The first-order valence-corrected chi connectivity index (χ1v) is 8.37. The third kappa shape index (κ3) is 4.58. The maximum atomic E-state index is 11.7. The predicted octanol–water partition coefficient (Wildman–Crippen LogP) is 3.35. The molecule has 2 aromatic carbocycles. The molecule has 0 spiro atoms. The Hall–Kier alpha value is -2.31. The highest BCUT2D eigenvalue weighted by Crippen LogP contribution is 2.26. The largest absolute Gasteiger partial charge is 0.497 e. The van der Waals surface area contributed by atoms with Crippen molar-refractivity contribution in [2.75, 3.05) is 14.2 Å². The number of hydrogen-bond donors (Lipinski definition) is 1. The van der Waals surface area contributed by atoms with Crippen LogP contribution < -0.4 is 9.47 Å². The predicted molar refractivity (Wildman–Crippen MR) is 89.3 cm³/mol. The fraction of sp³-hybridized carbons (Fsp3) is 0.176. The van der Waals surface area contributed by atoms with Crippen LogP contribution in [0.25, 0.3) is 6.08 Å². The number of benzene rings is 2. The number of hydrogen-bond acceptors (Lipinski definition) is 4. The summed E-state index contributed by atoms with van der Waals surface area (Å²) in [7, 11) is -1.17. The van der Waals surface area contributed by atoms with E-state index in [0.29, 0.717) is 17.1 Å². The van der Waals surface area contributed by atoms with E-state index in [2.05, 4.69) is 0 Å². The summed E-state index contributed by atoms with van der Waals surface area (Å²) in [5.41, 5.74) is 1.26. The fourth-order valence-electron chi connectivity index (χ4n) is 2.09. The molecule has 2 rings (SSSR count). The molecule has 1 unspecified atom stereocenters. The Morgan fingerprint density at radius 1 is 0.913 bits per heavy atom. The molecule has 23 heavy (non-hydrogen) atoms.